The molecule has 1 aliphatic rings. The van der Waals surface area contributed by atoms with Gasteiger partial charge in [0.2, 0.25) is 5.91 Å². The van der Waals surface area contributed by atoms with Crippen LogP contribution in [0.2, 0.25) is 0 Å². The van der Waals surface area contributed by atoms with Crippen LogP contribution in [0.15, 0.2) is 0 Å². The lowest BCUT2D eigenvalue weighted by molar-refractivity contribution is -0.0479. The highest BCUT2D eigenvalue weighted by Gasteiger charge is 2.46. The minimum Gasteiger partial charge on any atom is -0.396 e. The maximum Gasteiger partial charge on any atom is 0.359 e. The summed E-state index contributed by atoms with van der Waals surface area (Å²) in [5.41, 5.74) is 0. The van der Waals surface area contributed by atoms with Crippen molar-refractivity contribution in [2.24, 2.45) is 0 Å². The van der Waals surface area contributed by atoms with Gasteiger partial charge in [-0.1, -0.05) is 0 Å². The van der Waals surface area contributed by atoms with Gasteiger partial charge in [0.05, 0.1) is 6.10 Å². The van der Waals surface area contributed by atoms with E-state index in [-0.39, 0.29) is 13.2 Å². The van der Waals surface area contributed by atoms with Crippen molar-refractivity contribution in [1.82, 2.24) is 0 Å². The summed E-state index contributed by atoms with van der Waals surface area (Å²) in [6.07, 6.45) is -2.44. The molecule has 0 spiro atoms. The van der Waals surface area contributed by atoms with Crippen LogP contribution in [0.4, 0.5) is 4.39 Å². The summed E-state index contributed by atoms with van der Waals surface area (Å²) in [6.45, 7) is 0.178. The van der Waals surface area contributed by atoms with E-state index in [4.69, 9.17) is 37.0 Å². The molecule has 1 saturated heterocycles. The Balaban J connectivity index is 2.63. The molecule has 10 heteroatoms. The van der Waals surface area contributed by atoms with Gasteiger partial charge in [-0.05, 0) is 6.42 Å². The molecule has 3 N–H and O–H groups in total. The van der Waals surface area contributed by atoms with Gasteiger partial charge in [-0.15, -0.1) is 0 Å². The molecule has 1 unspecified atom stereocenters. The molecule has 1 fully saturated rings. The van der Waals surface area contributed by atoms with E-state index in [1.54, 1.807) is 0 Å². The molecule has 0 amide bonds. The van der Waals surface area contributed by atoms with E-state index in [2.05, 4.69) is 0 Å². The van der Waals surface area contributed by atoms with Gasteiger partial charge in [0.25, 0.3) is 0 Å². The Hall–Kier alpha value is -0.0151. The van der Waals surface area contributed by atoms with Crippen molar-refractivity contribution < 1.29 is 38.1 Å². The number of ether oxygens (including phenoxy) is 3. The lowest BCUT2D eigenvalue weighted by atomic mass is 9.92. The molecule has 0 aromatic heterocycles. The number of methoxy groups -OCH3 is 1. The molecule has 1 rings (SSSR count). The SMILES string of the molecule is [B][C@@H]1O[C@H](CC(F)P(=O)(O)O)[C@@H](OC)[C@H]1OCCCO. The van der Waals surface area contributed by atoms with Gasteiger partial charge in [-0.3, -0.25) is 4.57 Å². The lowest BCUT2D eigenvalue weighted by Crippen LogP contribution is -2.38. The van der Waals surface area contributed by atoms with E-state index >= 15 is 0 Å². The first-order chi connectivity index (χ1) is 9.31. The van der Waals surface area contributed by atoms with Crippen molar-refractivity contribution >= 4 is 15.4 Å². The zero-order chi connectivity index (χ0) is 15.3. The van der Waals surface area contributed by atoms with Gasteiger partial charge in [0, 0.05) is 32.7 Å². The summed E-state index contributed by atoms with van der Waals surface area (Å²) in [7, 11) is 2.22. The van der Waals surface area contributed by atoms with Crippen molar-refractivity contribution in [3.05, 3.63) is 0 Å². The molecule has 0 saturated carbocycles. The topological polar surface area (TPSA) is 105 Å². The maximum absolute atomic E-state index is 13.4. The van der Waals surface area contributed by atoms with Crippen LogP contribution in [-0.4, -0.2) is 73.3 Å². The first-order valence-electron chi connectivity index (χ1n) is 6.16. The smallest absolute Gasteiger partial charge is 0.359 e. The van der Waals surface area contributed by atoms with Crippen LogP contribution in [0.1, 0.15) is 12.8 Å². The van der Waals surface area contributed by atoms with Crippen LogP contribution in [0.25, 0.3) is 0 Å². The summed E-state index contributed by atoms with van der Waals surface area (Å²) in [5, 5.41) is 8.68. The van der Waals surface area contributed by atoms with Crippen molar-refractivity contribution in [2.75, 3.05) is 20.3 Å². The molecule has 1 aliphatic heterocycles. The van der Waals surface area contributed by atoms with Crippen LogP contribution in [0.5, 0.6) is 0 Å². The standard InChI is InChI=1S/C10H19BFO7P/c1-17-8-6(5-7(12)20(14,15)16)19-10(11)9(8)18-4-2-3-13/h6-10,13H,2-5H2,1H3,(H2,14,15,16)/t6-,7?,8-,9-,10-/m1/s1. The summed E-state index contributed by atoms with van der Waals surface area (Å²) in [4.78, 5) is 17.5. The van der Waals surface area contributed by atoms with Crippen LogP contribution < -0.4 is 0 Å². The van der Waals surface area contributed by atoms with Crippen LogP contribution in [0.3, 0.4) is 0 Å². The number of hydrogen-bond donors (Lipinski definition) is 3. The third kappa shape index (κ3) is 4.77. The van der Waals surface area contributed by atoms with Gasteiger partial charge < -0.3 is 29.1 Å². The number of aliphatic hydroxyl groups is 1. The summed E-state index contributed by atoms with van der Waals surface area (Å²) >= 11 is 0. The Morgan fingerprint density at radius 2 is 2.10 bits per heavy atom. The highest BCUT2D eigenvalue weighted by atomic mass is 31.2. The molecule has 0 aromatic carbocycles. The molecule has 0 bridgehead atoms. The number of hydrogen-bond acceptors (Lipinski definition) is 5. The van der Waals surface area contributed by atoms with E-state index in [1.165, 1.54) is 7.11 Å². The Bertz CT molecular complexity index is 342. The first kappa shape index (κ1) is 18.0. The Kier molecular flexibility index (Phi) is 7.07. The fourth-order valence-electron chi connectivity index (χ4n) is 2.03. The average molecular weight is 312 g/mol. The normalized spacial score (nSPS) is 32.5. The summed E-state index contributed by atoms with van der Waals surface area (Å²) < 4.78 is 40.0. The molecule has 5 atom stereocenters. The van der Waals surface area contributed by atoms with Crippen molar-refractivity contribution in [3.63, 3.8) is 0 Å². The zero-order valence-electron chi connectivity index (χ0n) is 11.1. The van der Waals surface area contributed by atoms with E-state index in [1.807, 2.05) is 0 Å². The lowest BCUT2D eigenvalue weighted by Gasteiger charge is -2.23. The number of rotatable bonds is 8. The van der Waals surface area contributed by atoms with Crippen molar-refractivity contribution in [2.45, 2.75) is 43.1 Å². The Morgan fingerprint density at radius 1 is 1.45 bits per heavy atom. The molecule has 20 heavy (non-hydrogen) atoms. The second kappa shape index (κ2) is 7.84. The molecular weight excluding hydrogens is 293 g/mol. The van der Waals surface area contributed by atoms with E-state index in [9.17, 15) is 8.96 Å². The van der Waals surface area contributed by atoms with Gasteiger partial charge in [-0.25, -0.2) is 4.39 Å². The zero-order valence-corrected chi connectivity index (χ0v) is 12.0. The fraction of sp³-hybridized carbons (Fsp3) is 1.00. The van der Waals surface area contributed by atoms with Crippen molar-refractivity contribution in [1.29, 1.82) is 0 Å². The maximum atomic E-state index is 13.4. The fourth-order valence-corrected chi connectivity index (χ4v) is 2.52. The minimum atomic E-state index is -4.83. The molecule has 0 aromatic rings. The summed E-state index contributed by atoms with van der Waals surface area (Å²) in [5.74, 6) is -2.34. The van der Waals surface area contributed by atoms with Gasteiger partial charge in [0.1, 0.15) is 20.1 Å². The Morgan fingerprint density at radius 3 is 2.60 bits per heavy atom. The van der Waals surface area contributed by atoms with Gasteiger partial charge in [0.15, 0.2) is 0 Å². The predicted octanol–water partition coefficient (Wildman–Crippen LogP) is -0.474. The minimum absolute atomic E-state index is 0.0470. The van der Waals surface area contributed by atoms with Crippen LogP contribution in [0, 0.1) is 0 Å². The highest BCUT2D eigenvalue weighted by molar-refractivity contribution is 7.52. The predicted molar refractivity (Wildman–Crippen MR) is 68.2 cm³/mol. The van der Waals surface area contributed by atoms with Crippen molar-refractivity contribution in [3.8, 4) is 0 Å². The largest absolute Gasteiger partial charge is 0.396 e. The highest BCUT2D eigenvalue weighted by Crippen LogP contribution is 2.45. The van der Waals surface area contributed by atoms with E-state index < -0.39 is 44.2 Å². The second-order valence-electron chi connectivity index (χ2n) is 4.51. The average Bonchev–Trinajstić information content (AvgIpc) is 2.64. The van der Waals surface area contributed by atoms with Gasteiger partial charge >= 0.3 is 7.60 Å². The second-order valence-corrected chi connectivity index (χ2v) is 6.25. The summed E-state index contributed by atoms with van der Waals surface area (Å²) in [6, 6.07) is -0.882. The number of halogens is 1. The quantitative estimate of drug-likeness (QED) is 0.316. The van der Waals surface area contributed by atoms with E-state index in [0.29, 0.717) is 6.42 Å². The molecule has 116 valence electrons. The molecular formula is C10H19BFO7P. The van der Waals surface area contributed by atoms with Gasteiger partial charge in [-0.2, -0.15) is 0 Å². The molecule has 1 heterocycles. The Labute approximate surface area is 118 Å². The third-order valence-corrected chi connectivity index (χ3v) is 3.96. The molecule has 7 nitrogen and oxygen atoms in total. The monoisotopic (exact) mass is 312 g/mol. The molecule has 0 aliphatic carbocycles. The number of alkyl halides is 1. The third-order valence-electron chi connectivity index (χ3n) is 3.02. The number of aliphatic hydroxyl groups excluding tert-OH is 1. The van der Waals surface area contributed by atoms with Crippen LogP contribution in [-0.2, 0) is 18.8 Å². The van der Waals surface area contributed by atoms with E-state index in [0.717, 1.165) is 0 Å². The first-order valence-corrected chi connectivity index (χ1v) is 7.85. The molecule has 2 radical (unpaired) electrons. The van der Waals surface area contributed by atoms with Crippen LogP contribution >= 0.6 is 7.60 Å².